The maximum atomic E-state index is 12.1. The van der Waals surface area contributed by atoms with Crippen molar-refractivity contribution in [2.75, 3.05) is 37.2 Å². The van der Waals surface area contributed by atoms with E-state index < -0.39 is 0 Å². The maximum Gasteiger partial charge on any atom is 0.414 e. The predicted molar refractivity (Wildman–Crippen MR) is 117 cm³/mol. The highest BCUT2D eigenvalue weighted by molar-refractivity contribution is 5.91. The Morgan fingerprint density at radius 3 is 2.81 bits per heavy atom. The standard InChI is InChI=1S/C24H25N3O5/c1-14-12-24(14)13-18-21(17-10-15(4-5-19(17)24)26-8-9-31-23(26)28)32-25-22(18)27-7-6-16(29-2)11-20(27)30-3/h4-7,10-11,14,20H,8-9,12-13H2,1-3H3. The number of methoxy groups -OCH3 is 2. The van der Waals surface area contributed by atoms with Crippen LogP contribution in [-0.2, 0) is 26.0 Å². The third-order valence-electron chi connectivity index (χ3n) is 7.27. The van der Waals surface area contributed by atoms with E-state index in [4.69, 9.17) is 18.7 Å². The van der Waals surface area contributed by atoms with Crippen molar-refractivity contribution in [1.82, 2.24) is 5.16 Å². The number of amides is 1. The minimum atomic E-state index is -0.344. The summed E-state index contributed by atoms with van der Waals surface area (Å²) in [6.45, 7) is 3.25. The van der Waals surface area contributed by atoms with Crippen LogP contribution in [0.15, 0.2) is 46.8 Å². The van der Waals surface area contributed by atoms with Gasteiger partial charge in [-0.1, -0.05) is 18.1 Å². The normalized spacial score (nSPS) is 27.8. The molecule has 1 saturated carbocycles. The predicted octanol–water partition coefficient (Wildman–Crippen LogP) is 3.97. The Balaban J connectivity index is 1.46. The highest BCUT2D eigenvalue weighted by Crippen LogP contribution is 2.62. The lowest BCUT2D eigenvalue weighted by Crippen LogP contribution is -2.34. The summed E-state index contributed by atoms with van der Waals surface area (Å²) >= 11 is 0. The molecule has 8 nitrogen and oxygen atoms in total. The molecular weight excluding hydrogens is 410 g/mol. The highest BCUT2D eigenvalue weighted by Gasteiger charge is 2.57. The number of carbonyl (C=O) groups is 1. The van der Waals surface area contributed by atoms with Gasteiger partial charge in [-0.2, -0.15) is 0 Å². The molecule has 0 N–H and O–H groups in total. The van der Waals surface area contributed by atoms with E-state index in [1.54, 1.807) is 19.1 Å². The SMILES string of the molecule is COC1=CC(OC)N(c2noc3c2CC2(CC2C)c2ccc(N4CCOC4=O)cc2-3)C=C1. The lowest BCUT2D eigenvalue weighted by molar-refractivity contribution is 0.137. The van der Waals surface area contributed by atoms with Gasteiger partial charge >= 0.3 is 6.09 Å². The molecule has 1 aromatic heterocycles. The molecule has 0 radical (unpaired) electrons. The number of rotatable bonds is 4. The summed E-state index contributed by atoms with van der Waals surface area (Å²) in [6.07, 6.45) is 7.04. The van der Waals surface area contributed by atoms with Gasteiger partial charge in [0.05, 0.1) is 13.7 Å². The van der Waals surface area contributed by atoms with Crippen LogP contribution in [-0.4, -0.2) is 44.8 Å². The molecule has 6 rings (SSSR count). The first kappa shape index (κ1) is 19.4. The van der Waals surface area contributed by atoms with E-state index in [0.717, 1.165) is 47.0 Å². The Bertz CT molecular complexity index is 1170. The number of cyclic esters (lactones) is 1. The Kier molecular flexibility index (Phi) is 4.17. The van der Waals surface area contributed by atoms with Gasteiger partial charge < -0.3 is 18.7 Å². The van der Waals surface area contributed by atoms with Crippen molar-refractivity contribution in [3.05, 3.63) is 53.4 Å². The summed E-state index contributed by atoms with van der Waals surface area (Å²) in [4.78, 5) is 15.8. The molecule has 4 aliphatic rings. The maximum absolute atomic E-state index is 12.1. The summed E-state index contributed by atoms with van der Waals surface area (Å²) in [5.41, 5.74) is 4.25. The van der Waals surface area contributed by atoms with E-state index in [1.165, 1.54) is 5.56 Å². The molecule has 0 bridgehead atoms. The molecule has 1 saturated heterocycles. The van der Waals surface area contributed by atoms with Crippen LogP contribution < -0.4 is 9.80 Å². The summed E-state index contributed by atoms with van der Waals surface area (Å²) in [6, 6.07) is 6.22. The molecule has 1 amide bonds. The molecule has 3 unspecified atom stereocenters. The van der Waals surface area contributed by atoms with E-state index in [1.807, 2.05) is 35.4 Å². The Morgan fingerprint density at radius 2 is 2.12 bits per heavy atom. The molecular formula is C24H25N3O5. The average molecular weight is 435 g/mol. The Labute approximate surface area is 186 Å². The van der Waals surface area contributed by atoms with Crippen molar-refractivity contribution < 1.29 is 23.5 Å². The van der Waals surface area contributed by atoms with Gasteiger partial charge in [0.1, 0.15) is 12.4 Å². The highest BCUT2D eigenvalue weighted by atomic mass is 16.6. The van der Waals surface area contributed by atoms with Crippen LogP contribution >= 0.6 is 0 Å². The first-order valence-corrected chi connectivity index (χ1v) is 10.9. The van der Waals surface area contributed by atoms with Crippen LogP contribution in [0.4, 0.5) is 16.3 Å². The molecule has 2 aliphatic carbocycles. The quantitative estimate of drug-likeness (QED) is 0.719. The second kappa shape index (κ2) is 6.87. The van der Waals surface area contributed by atoms with Gasteiger partial charge in [-0.05, 0) is 42.5 Å². The van der Waals surface area contributed by atoms with E-state index in [2.05, 4.69) is 18.1 Å². The number of anilines is 2. The fraction of sp³-hybridized carbons (Fsp3) is 0.417. The zero-order valence-electron chi connectivity index (χ0n) is 18.3. The second-order valence-corrected chi connectivity index (χ2v) is 8.87. The van der Waals surface area contributed by atoms with Gasteiger partial charge in [-0.3, -0.25) is 9.80 Å². The molecule has 3 atom stereocenters. The van der Waals surface area contributed by atoms with E-state index in [-0.39, 0.29) is 17.7 Å². The number of benzene rings is 1. The van der Waals surface area contributed by atoms with Gasteiger partial charge in [-0.15, -0.1) is 0 Å². The number of hydrogen-bond donors (Lipinski definition) is 0. The second-order valence-electron chi connectivity index (χ2n) is 8.87. The smallest absolute Gasteiger partial charge is 0.414 e. The summed E-state index contributed by atoms with van der Waals surface area (Å²) in [7, 11) is 3.30. The Hall–Kier alpha value is -3.26. The van der Waals surface area contributed by atoms with Crippen LogP contribution in [0.3, 0.4) is 0 Å². The van der Waals surface area contributed by atoms with E-state index in [9.17, 15) is 4.79 Å². The number of ether oxygens (including phenoxy) is 3. The topological polar surface area (TPSA) is 77.3 Å². The monoisotopic (exact) mass is 435 g/mol. The van der Waals surface area contributed by atoms with Crippen LogP contribution in [0.2, 0.25) is 0 Å². The summed E-state index contributed by atoms with van der Waals surface area (Å²) < 4.78 is 22.1. The number of nitrogens with zero attached hydrogens (tertiary/aromatic N) is 3. The molecule has 2 aromatic rings. The molecule has 2 aliphatic heterocycles. The average Bonchev–Trinajstić information content (AvgIpc) is 3.13. The number of carbonyl (C=O) groups excluding carboxylic acids is 1. The fourth-order valence-electron chi connectivity index (χ4n) is 5.37. The molecule has 1 spiro atoms. The van der Waals surface area contributed by atoms with E-state index >= 15 is 0 Å². The van der Waals surface area contributed by atoms with Gasteiger partial charge in [0.15, 0.2) is 17.8 Å². The van der Waals surface area contributed by atoms with Crippen molar-refractivity contribution in [1.29, 1.82) is 0 Å². The lowest BCUT2D eigenvalue weighted by Gasteiger charge is -2.31. The van der Waals surface area contributed by atoms with Crippen LogP contribution in [0.1, 0.15) is 24.5 Å². The van der Waals surface area contributed by atoms with Gasteiger partial charge in [0, 0.05) is 41.6 Å². The zero-order chi connectivity index (χ0) is 22.0. The molecule has 166 valence electrons. The van der Waals surface area contributed by atoms with Crippen LogP contribution in [0, 0.1) is 5.92 Å². The minimum absolute atomic E-state index is 0.0717. The number of fused-ring (bicyclic) bond motifs is 4. The van der Waals surface area contributed by atoms with Crippen molar-refractivity contribution in [3.63, 3.8) is 0 Å². The zero-order valence-corrected chi connectivity index (χ0v) is 18.3. The molecule has 1 aromatic carbocycles. The van der Waals surface area contributed by atoms with E-state index in [0.29, 0.717) is 19.1 Å². The summed E-state index contributed by atoms with van der Waals surface area (Å²) in [5, 5.41) is 4.47. The van der Waals surface area contributed by atoms with Crippen molar-refractivity contribution >= 4 is 17.6 Å². The van der Waals surface area contributed by atoms with Gasteiger partial charge in [0.25, 0.3) is 0 Å². The largest absolute Gasteiger partial charge is 0.497 e. The lowest BCUT2D eigenvalue weighted by atomic mass is 9.77. The molecule has 8 heteroatoms. The fourth-order valence-corrected chi connectivity index (χ4v) is 5.37. The first-order valence-electron chi connectivity index (χ1n) is 10.9. The third-order valence-corrected chi connectivity index (χ3v) is 7.27. The number of hydrogen-bond acceptors (Lipinski definition) is 7. The first-order chi connectivity index (χ1) is 15.6. The summed E-state index contributed by atoms with van der Waals surface area (Å²) in [5.74, 6) is 2.82. The third kappa shape index (κ3) is 2.65. The Morgan fingerprint density at radius 1 is 1.28 bits per heavy atom. The van der Waals surface area contributed by atoms with Crippen LogP contribution in [0.5, 0.6) is 0 Å². The van der Waals surface area contributed by atoms with Crippen molar-refractivity contribution in [3.8, 4) is 11.3 Å². The number of aromatic nitrogens is 1. The van der Waals surface area contributed by atoms with Crippen LogP contribution in [0.25, 0.3) is 11.3 Å². The van der Waals surface area contributed by atoms with Gasteiger partial charge in [-0.25, -0.2) is 4.79 Å². The molecule has 32 heavy (non-hydrogen) atoms. The van der Waals surface area contributed by atoms with Crippen molar-refractivity contribution in [2.24, 2.45) is 5.92 Å². The van der Waals surface area contributed by atoms with Gasteiger partial charge in [0.2, 0.25) is 0 Å². The number of allylic oxidation sites excluding steroid dienone is 1. The van der Waals surface area contributed by atoms with Crippen molar-refractivity contribution in [2.45, 2.75) is 31.4 Å². The molecule has 2 fully saturated rings. The minimum Gasteiger partial charge on any atom is -0.497 e. The molecule has 3 heterocycles.